The van der Waals surface area contributed by atoms with Crippen molar-refractivity contribution in [2.45, 2.75) is 64.6 Å². The van der Waals surface area contributed by atoms with Gasteiger partial charge in [-0.15, -0.1) is 0 Å². The topological polar surface area (TPSA) is 113 Å². The van der Waals surface area contributed by atoms with Crippen molar-refractivity contribution in [2.75, 3.05) is 19.3 Å². The van der Waals surface area contributed by atoms with Gasteiger partial charge in [0.05, 0.1) is 24.3 Å². The van der Waals surface area contributed by atoms with Crippen LogP contribution in [-0.2, 0) is 24.3 Å². The fourth-order valence-corrected chi connectivity index (χ4v) is 5.07. The van der Waals surface area contributed by atoms with E-state index in [1.54, 1.807) is 20.8 Å². The molecule has 2 heterocycles. The van der Waals surface area contributed by atoms with E-state index in [4.69, 9.17) is 4.74 Å². The van der Waals surface area contributed by atoms with Crippen molar-refractivity contribution in [3.05, 3.63) is 0 Å². The third-order valence-corrected chi connectivity index (χ3v) is 5.89. The number of hydrogen-bond donors (Lipinski definition) is 1. The van der Waals surface area contributed by atoms with Gasteiger partial charge in [-0.05, 0) is 33.6 Å². The summed E-state index contributed by atoms with van der Waals surface area (Å²) in [6.07, 6.45) is 1.94. The van der Waals surface area contributed by atoms with E-state index in [9.17, 15) is 22.8 Å². The number of rotatable bonds is 5. The van der Waals surface area contributed by atoms with Gasteiger partial charge in [0.25, 0.3) is 0 Å². The van der Waals surface area contributed by atoms with Crippen LogP contribution in [0.1, 0.15) is 47.0 Å². The van der Waals surface area contributed by atoms with Crippen molar-refractivity contribution >= 4 is 27.9 Å². The highest BCUT2D eigenvalue weighted by Crippen LogP contribution is 2.39. The molecular formula is C17H29N3O6S. The van der Waals surface area contributed by atoms with E-state index in [1.807, 2.05) is 6.92 Å². The van der Waals surface area contributed by atoms with E-state index in [1.165, 1.54) is 4.90 Å². The summed E-state index contributed by atoms with van der Waals surface area (Å²) in [7, 11) is -3.70. The summed E-state index contributed by atoms with van der Waals surface area (Å²) in [6, 6.07) is -1.02. The highest BCUT2D eigenvalue weighted by Gasteiger charge is 2.57. The Bertz CT molecular complexity index is 715. The Morgan fingerprint density at radius 2 is 1.93 bits per heavy atom. The number of amides is 3. The number of likely N-dealkylation sites (tertiary alicyclic amines) is 1. The molecule has 0 aliphatic carbocycles. The first-order valence-corrected chi connectivity index (χ1v) is 11.0. The summed E-state index contributed by atoms with van der Waals surface area (Å²) >= 11 is 0. The number of nitrogens with one attached hydrogen (secondary N) is 1. The zero-order valence-electron chi connectivity index (χ0n) is 16.5. The van der Waals surface area contributed by atoms with Crippen LogP contribution in [0.25, 0.3) is 0 Å². The molecule has 0 aromatic rings. The maximum atomic E-state index is 12.7. The SMILES string of the molecule is CCC[C@H]1C(=O)N(S(C)(=O)=O)[C@H]2CCN(C(=O)CNC(=O)OC(C)(C)C)[C@H]12. The Labute approximate surface area is 160 Å². The number of alkyl carbamates (subject to hydrolysis) is 1. The monoisotopic (exact) mass is 403 g/mol. The van der Waals surface area contributed by atoms with Gasteiger partial charge in [0, 0.05) is 6.54 Å². The average molecular weight is 404 g/mol. The number of carbonyl (C=O) groups excluding carboxylic acids is 3. The second kappa shape index (κ2) is 7.65. The van der Waals surface area contributed by atoms with Gasteiger partial charge in [0.15, 0.2) is 0 Å². The van der Waals surface area contributed by atoms with Crippen molar-refractivity contribution in [2.24, 2.45) is 5.92 Å². The second-order valence-corrected chi connectivity index (χ2v) is 9.94. The molecule has 0 bridgehead atoms. The molecule has 10 heteroatoms. The Kier molecular flexibility index (Phi) is 6.08. The predicted octanol–water partition coefficient (Wildman–Crippen LogP) is 0.699. The van der Waals surface area contributed by atoms with Crippen LogP contribution in [0.5, 0.6) is 0 Å². The lowest BCUT2D eigenvalue weighted by Crippen LogP contribution is -2.47. The number of nitrogens with zero attached hydrogens (tertiary/aromatic N) is 2. The van der Waals surface area contributed by atoms with Gasteiger partial charge >= 0.3 is 6.09 Å². The average Bonchev–Trinajstić information content (AvgIpc) is 3.01. The fourth-order valence-electron chi connectivity index (χ4n) is 3.88. The lowest BCUT2D eigenvalue weighted by atomic mass is 9.94. The second-order valence-electron chi connectivity index (χ2n) is 8.08. The lowest BCUT2D eigenvalue weighted by molar-refractivity contribution is -0.133. The summed E-state index contributed by atoms with van der Waals surface area (Å²) in [5.74, 6) is -1.33. The van der Waals surface area contributed by atoms with Gasteiger partial charge in [-0.1, -0.05) is 13.3 Å². The molecule has 2 rings (SSSR count). The summed E-state index contributed by atoms with van der Waals surface area (Å²) < 4.78 is 30.2. The molecule has 2 aliphatic heterocycles. The standard InChI is InChI=1S/C17H29N3O6S/c1-6-7-11-14-12(20(15(11)22)27(5,24)25)8-9-19(14)13(21)10-18-16(23)26-17(2,3)4/h11-12,14H,6-10H2,1-5H3,(H,18,23)/t11-,12+,14-/m1/s1. The minimum Gasteiger partial charge on any atom is -0.444 e. The number of hydrogen-bond acceptors (Lipinski definition) is 6. The van der Waals surface area contributed by atoms with E-state index in [-0.39, 0.29) is 12.5 Å². The van der Waals surface area contributed by atoms with E-state index in [2.05, 4.69) is 5.32 Å². The molecule has 27 heavy (non-hydrogen) atoms. The van der Waals surface area contributed by atoms with Gasteiger partial charge in [0.1, 0.15) is 12.1 Å². The summed E-state index contributed by atoms with van der Waals surface area (Å²) in [6.45, 7) is 7.17. The predicted molar refractivity (Wildman–Crippen MR) is 98.2 cm³/mol. The first kappa shape index (κ1) is 21.5. The quantitative estimate of drug-likeness (QED) is 0.723. The molecule has 2 saturated heterocycles. The van der Waals surface area contributed by atoms with Crippen molar-refractivity contribution in [3.63, 3.8) is 0 Å². The summed E-state index contributed by atoms with van der Waals surface area (Å²) in [5.41, 5.74) is -0.675. The van der Waals surface area contributed by atoms with Crippen LogP contribution in [0.3, 0.4) is 0 Å². The fraction of sp³-hybridized carbons (Fsp3) is 0.824. The van der Waals surface area contributed by atoms with Crippen LogP contribution in [0.2, 0.25) is 0 Å². The molecule has 0 spiro atoms. The highest BCUT2D eigenvalue weighted by atomic mass is 32.2. The van der Waals surface area contributed by atoms with Crippen LogP contribution in [-0.4, -0.2) is 72.6 Å². The Morgan fingerprint density at radius 3 is 2.44 bits per heavy atom. The number of sulfonamides is 1. The van der Waals surface area contributed by atoms with Crippen LogP contribution in [0.15, 0.2) is 0 Å². The van der Waals surface area contributed by atoms with Crippen molar-refractivity contribution in [3.8, 4) is 0 Å². The van der Waals surface area contributed by atoms with E-state index < -0.39 is 45.6 Å². The molecule has 0 saturated carbocycles. The number of fused-ring (bicyclic) bond motifs is 1. The molecule has 0 aromatic heterocycles. The third kappa shape index (κ3) is 4.72. The van der Waals surface area contributed by atoms with Crippen molar-refractivity contribution < 1.29 is 27.5 Å². The maximum absolute atomic E-state index is 12.7. The van der Waals surface area contributed by atoms with Crippen molar-refractivity contribution in [1.29, 1.82) is 0 Å². The molecule has 3 atom stereocenters. The Hall–Kier alpha value is -1.84. The summed E-state index contributed by atoms with van der Waals surface area (Å²) in [4.78, 5) is 38.6. The lowest BCUT2D eigenvalue weighted by Gasteiger charge is -2.27. The molecule has 9 nitrogen and oxygen atoms in total. The zero-order chi connectivity index (χ0) is 20.6. The van der Waals surface area contributed by atoms with Crippen LogP contribution in [0, 0.1) is 5.92 Å². The molecule has 2 aliphatic rings. The minimum atomic E-state index is -3.70. The number of carbonyl (C=O) groups is 3. The van der Waals surface area contributed by atoms with Crippen molar-refractivity contribution in [1.82, 2.24) is 14.5 Å². The Morgan fingerprint density at radius 1 is 1.30 bits per heavy atom. The molecule has 2 fully saturated rings. The van der Waals surface area contributed by atoms with Gasteiger partial charge in [-0.25, -0.2) is 17.5 Å². The maximum Gasteiger partial charge on any atom is 0.408 e. The van der Waals surface area contributed by atoms with E-state index >= 15 is 0 Å². The van der Waals surface area contributed by atoms with Gasteiger partial charge < -0.3 is 15.0 Å². The van der Waals surface area contributed by atoms with Gasteiger partial charge in [-0.3, -0.25) is 9.59 Å². The highest BCUT2D eigenvalue weighted by molar-refractivity contribution is 7.88. The van der Waals surface area contributed by atoms with E-state index in [0.717, 1.165) is 10.6 Å². The molecule has 3 amide bonds. The zero-order valence-corrected chi connectivity index (χ0v) is 17.3. The summed E-state index contributed by atoms with van der Waals surface area (Å²) in [5, 5.41) is 2.43. The molecule has 0 radical (unpaired) electrons. The van der Waals surface area contributed by atoms with Crippen LogP contribution in [0.4, 0.5) is 4.79 Å². The van der Waals surface area contributed by atoms with E-state index in [0.29, 0.717) is 25.8 Å². The molecule has 0 unspecified atom stereocenters. The van der Waals surface area contributed by atoms with Crippen LogP contribution >= 0.6 is 0 Å². The minimum absolute atomic E-state index is 0.260. The smallest absolute Gasteiger partial charge is 0.408 e. The Balaban J connectivity index is 2.12. The molecule has 1 N–H and O–H groups in total. The third-order valence-electron chi connectivity index (χ3n) is 4.73. The van der Waals surface area contributed by atoms with Gasteiger partial charge in [0.2, 0.25) is 21.8 Å². The molecular weight excluding hydrogens is 374 g/mol. The molecule has 0 aromatic carbocycles. The first-order chi connectivity index (χ1) is 12.4. The number of ether oxygens (including phenoxy) is 1. The largest absolute Gasteiger partial charge is 0.444 e. The van der Waals surface area contributed by atoms with Gasteiger partial charge in [-0.2, -0.15) is 0 Å². The molecule has 154 valence electrons. The normalized spacial score (nSPS) is 25.5. The van der Waals surface area contributed by atoms with Crippen LogP contribution < -0.4 is 5.32 Å². The first-order valence-electron chi connectivity index (χ1n) is 9.16.